The highest BCUT2D eigenvalue weighted by Gasteiger charge is 2.17. The van der Waals surface area contributed by atoms with Gasteiger partial charge in [-0.15, -0.1) is 0 Å². The first-order valence-corrected chi connectivity index (χ1v) is 10.9. The molecule has 5 nitrogen and oxygen atoms in total. The second kappa shape index (κ2) is 8.47. The van der Waals surface area contributed by atoms with Gasteiger partial charge in [-0.2, -0.15) is 0 Å². The van der Waals surface area contributed by atoms with Crippen molar-refractivity contribution in [1.82, 2.24) is 14.5 Å². The molecule has 1 aliphatic carbocycles. The number of hydrogen-bond acceptors (Lipinski definition) is 4. The van der Waals surface area contributed by atoms with Gasteiger partial charge in [-0.3, -0.25) is 9.98 Å². The molecule has 33 heavy (non-hydrogen) atoms. The van der Waals surface area contributed by atoms with Crippen LogP contribution in [0.4, 0.5) is 15.8 Å². The lowest BCUT2D eigenvalue weighted by Crippen LogP contribution is -2.17. The van der Waals surface area contributed by atoms with E-state index >= 15 is 0 Å². The van der Waals surface area contributed by atoms with Gasteiger partial charge >= 0.3 is 0 Å². The molecule has 5 rings (SSSR count). The maximum absolute atomic E-state index is 14.2. The minimum absolute atomic E-state index is 0.0917. The fourth-order valence-corrected chi connectivity index (χ4v) is 3.98. The predicted molar refractivity (Wildman–Crippen MR) is 131 cm³/mol. The van der Waals surface area contributed by atoms with Crippen LogP contribution in [0.25, 0.3) is 28.1 Å². The van der Waals surface area contributed by atoms with Crippen molar-refractivity contribution in [3.63, 3.8) is 0 Å². The van der Waals surface area contributed by atoms with Crippen LogP contribution in [0.3, 0.4) is 0 Å². The third kappa shape index (κ3) is 4.07. The Morgan fingerprint density at radius 3 is 2.58 bits per heavy atom. The first-order valence-electron chi connectivity index (χ1n) is 10.9. The number of halogens is 1. The van der Waals surface area contributed by atoms with Crippen molar-refractivity contribution in [1.29, 1.82) is 0 Å². The molecule has 3 aromatic rings. The molecule has 164 valence electrons. The molecule has 0 atom stereocenters. The molecule has 2 heterocycles. The molecule has 1 N–H and O–H groups in total. The van der Waals surface area contributed by atoms with E-state index in [-0.39, 0.29) is 11.9 Å². The smallest absolute Gasteiger partial charge is 0.125 e. The Hall–Kier alpha value is -4.06. The minimum Gasteiger partial charge on any atom is -0.352 e. The van der Waals surface area contributed by atoms with E-state index in [0.29, 0.717) is 0 Å². The number of fused-ring (bicyclic) bond motifs is 2. The summed E-state index contributed by atoms with van der Waals surface area (Å²) in [5.74, 6) is -0.286. The quantitative estimate of drug-likeness (QED) is 0.350. The summed E-state index contributed by atoms with van der Waals surface area (Å²) >= 11 is 0. The molecule has 2 aliphatic rings. The molecule has 0 saturated heterocycles. The highest BCUT2D eigenvalue weighted by Crippen LogP contribution is 2.30. The molecule has 0 saturated carbocycles. The van der Waals surface area contributed by atoms with Gasteiger partial charge in [0.05, 0.1) is 44.8 Å². The summed E-state index contributed by atoms with van der Waals surface area (Å²) in [5.41, 5.74) is 6.75. The lowest BCUT2D eigenvalue weighted by Gasteiger charge is -2.20. The van der Waals surface area contributed by atoms with Gasteiger partial charge in [0.2, 0.25) is 0 Å². The molecule has 1 aliphatic heterocycles. The highest BCUT2D eigenvalue weighted by molar-refractivity contribution is 5.84. The van der Waals surface area contributed by atoms with Crippen molar-refractivity contribution in [3.05, 3.63) is 95.9 Å². The Kier molecular flexibility index (Phi) is 5.34. The fraction of sp³-hybridized carbons (Fsp3) is 0.148. The molecular weight excluding hydrogens is 413 g/mol. The summed E-state index contributed by atoms with van der Waals surface area (Å²) in [6, 6.07) is 22.5. The summed E-state index contributed by atoms with van der Waals surface area (Å²) in [5, 5.41) is 4.30. The molecule has 1 aromatic heterocycles. The minimum atomic E-state index is -0.286. The van der Waals surface area contributed by atoms with Crippen LogP contribution in [0.15, 0.2) is 84.0 Å². The molecule has 0 spiro atoms. The molecule has 6 heteroatoms. The van der Waals surface area contributed by atoms with Crippen molar-refractivity contribution in [2.24, 2.45) is 4.99 Å². The number of rotatable bonds is 4. The van der Waals surface area contributed by atoms with E-state index in [2.05, 4.69) is 10.3 Å². The number of anilines is 2. The van der Waals surface area contributed by atoms with Crippen LogP contribution < -0.4 is 10.7 Å². The number of benzene rings is 3. The summed E-state index contributed by atoms with van der Waals surface area (Å²) in [7, 11) is 0. The normalized spacial score (nSPS) is 12.1. The average molecular weight is 438 g/mol. The number of aromatic nitrogens is 3. The van der Waals surface area contributed by atoms with Crippen molar-refractivity contribution in [2.75, 3.05) is 5.32 Å². The number of hydrogen-bond donors (Lipinski definition) is 1. The van der Waals surface area contributed by atoms with Crippen molar-refractivity contribution in [3.8, 4) is 17.1 Å². The van der Waals surface area contributed by atoms with Gasteiger partial charge in [-0.05, 0) is 75.4 Å². The van der Waals surface area contributed by atoms with Crippen molar-refractivity contribution < 1.29 is 4.39 Å². The maximum Gasteiger partial charge on any atom is 0.125 e. The van der Waals surface area contributed by atoms with E-state index in [1.807, 2.05) is 79.9 Å². The number of pyridine rings is 1. The zero-order valence-electron chi connectivity index (χ0n) is 18.7. The standard InChI is InChI=1S/C27H24FN5/c1-17(2)30-24-16-27-25(15-23(24)31-21-11-7-13-29-18(21)3)32-22-10-4-5-12-26(22)33(27)20-9-6-8-19(28)14-20/h4-17,31H,1-3H3/b30-24+. The Balaban J connectivity index is 1.84. The van der Waals surface area contributed by atoms with E-state index in [1.165, 1.54) is 12.1 Å². The van der Waals surface area contributed by atoms with Gasteiger partial charge in [0, 0.05) is 17.9 Å². The van der Waals surface area contributed by atoms with Gasteiger partial charge < -0.3 is 9.88 Å². The van der Waals surface area contributed by atoms with E-state index in [9.17, 15) is 4.39 Å². The van der Waals surface area contributed by atoms with Crippen LogP contribution in [-0.4, -0.2) is 20.6 Å². The summed E-state index contributed by atoms with van der Waals surface area (Å²) in [6.07, 6.45) is 1.77. The van der Waals surface area contributed by atoms with Crippen LogP contribution in [-0.2, 0) is 0 Å². The highest BCUT2D eigenvalue weighted by atomic mass is 19.1. The number of aryl methyl sites for hydroxylation is 1. The van der Waals surface area contributed by atoms with E-state index < -0.39 is 0 Å². The van der Waals surface area contributed by atoms with Crippen LogP contribution in [0.2, 0.25) is 0 Å². The van der Waals surface area contributed by atoms with E-state index in [0.717, 1.165) is 50.5 Å². The third-order valence-corrected chi connectivity index (χ3v) is 5.44. The molecule has 0 radical (unpaired) electrons. The Bertz CT molecular complexity index is 1500. The zero-order chi connectivity index (χ0) is 22.9. The summed E-state index contributed by atoms with van der Waals surface area (Å²) in [4.78, 5) is 14.2. The third-order valence-electron chi connectivity index (χ3n) is 5.44. The van der Waals surface area contributed by atoms with Gasteiger partial charge in [-0.25, -0.2) is 9.37 Å². The number of nitrogens with zero attached hydrogens (tertiary/aromatic N) is 4. The lowest BCUT2D eigenvalue weighted by atomic mass is 10.1. The monoisotopic (exact) mass is 437 g/mol. The van der Waals surface area contributed by atoms with Gasteiger partial charge in [-0.1, -0.05) is 18.2 Å². The topological polar surface area (TPSA) is 55.1 Å². The molecule has 0 fully saturated rings. The first kappa shape index (κ1) is 20.8. The van der Waals surface area contributed by atoms with Crippen LogP contribution in [0.5, 0.6) is 0 Å². The molecule has 2 aromatic carbocycles. The van der Waals surface area contributed by atoms with E-state index in [4.69, 9.17) is 9.98 Å². The van der Waals surface area contributed by atoms with Crippen molar-refractivity contribution >= 4 is 22.4 Å². The summed E-state index contributed by atoms with van der Waals surface area (Å²) < 4.78 is 16.2. The van der Waals surface area contributed by atoms with Crippen LogP contribution in [0, 0.1) is 12.7 Å². The number of para-hydroxylation sites is 2. The van der Waals surface area contributed by atoms with Crippen molar-refractivity contribution in [2.45, 2.75) is 26.8 Å². The first-order chi connectivity index (χ1) is 16.0. The lowest BCUT2D eigenvalue weighted by molar-refractivity contribution is 0.627. The summed E-state index contributed by atoms with van der Waals surface area (Å²) in [6.45, 7) is 6.05. The molecule has 0 unspecified atom stereocenters. The largest absolute Gasteiger partial charge is 0.352 e. The molecule has 0 bridgehead atoms. The molecular formula is C27H24FN5. The fourth-order valence-electron chi connectivity index (χ4n) is 3.98. The second-order valence-electron chi connectivity index (χ2n) is 8.26. The Morgan fingerprint density at radius 2 is 1.79 bits per heavy atom. The second-order valence-corrected chi connectivity index (χ2v) is 8.26. The van der Waals surface area contributed by atoms with E-state index in [1.54, 1.807) is 12.3 Å². The van der Waals surface area contributed by atoms with Gasteiger partial charge in [0.25, 0.3) is 0 Å². The zero-order valence-corrected chi connectivity index (χ0v) is 18.7. The van der Waals surface area contributed by atoms with Crippen LogP contribution in [0.1, 0.15) is 19.5 Å². The Morgan fingerprint density at radius 1 is 0.939 bits per heavy atom. The predicted octanol–water partition coefficient (Wildman–Crippen LogP) is 6.03. The maximum atomic E-state index is 14.2. The van der Waals surface area contributed by atoms with Gasteiger partial charge in [0.1, 0.15) is 5.82 Å². The molecule has 0 amide bonds. The number of nitrogens with one attached hydrogen (secondary N) is 1. The Labute approximate surface area is 191 Å². The SMILES string of the molecule is Cc1ncccc1Nc1cc2nc3ccccc3n(-c3cccc(F)c3)c-2c/c1=N\C(C)C. The van der Waals surface area contributed by atoms with Gasteiger partial charge in [0.15, 0.2) is 0 Å². The average Bonchev–Trinajstić information content (AvgIpc) is 2.79. The van der Waals surface area contributed by atoms with Crippen LogP contribution >= 0.6 is 0 Å².